The van der Waals surface area contributed by atoms with Crippen molar-refractivity contribution in [2.75, 3.05) is 19.8 Å². The Balaban J connectivity index is 1.93. The third-order valence-corrected chi connectivity index (χ3v) is 3.41. The Morgan fingerprint density at radius 3 is 3.00 bits per heavy atom. The van der Waals surface area contributed by atoms with Gasteiger partial charge < -0.3 is 14.8 Å². The SMILES string of the molecule is CC(C)OCCCNC(=O)/C(C#N)=C\C1=Cc2ccccc2OC1. The number of nitrogens with one attached hydrogen (secondary N) is 1. The van der Waals surface area contributed by atoms with Crippen LogP contribution in [-0.2, 0) is 9.53 Å². The number of ether oxygens (including phenoxy) is 2. The van der Waals surface area contributed by atoms with Crippen LogP contribution < -0.4 is 10.1 Å². The highest BCUT2D eigenvalue weighted by atomic mass is 16.5. The van der Waals surface area contributed by atoms with Gasteiger partial charge in [0.2, 0.25) is 0 Å². The maximum Gasteiger partial charge on any atom is 0.261 e. The number of benzene rings is 1. The molecule has 2 rings (SSSR count). The van der Waals surface area contributed by atoms with Gasteiger partial charge in [-0.15, -0.1) is 0 Å². The maximum atomic E-state index is 12.1. The maximum absolute atomic E-state index is 12.1. The number of carbonyl (C=O) groups excluding carboxylic acids is 1. The fraction of sp³-hybridized carbons (Fsp3) is 0.368. The largest absolute Gasteiger partial charge is 0.488 e. The molecule has 24 heavy (non-hydrogen) atoms. The zero-order valence-electron chi connectivity index (χ0n) is 14.0. The summed E-state index contributed by atoms with van der Waals surface area (Å²) < 4.78 is 11.0. The van der Waals surface area contributed by atoms with Gasteiger partial charge in [0.15, 0.2) is 0 Å². The third kappa shape index (κ3) is 5.25. The first-order valence-corrected chi connectivity index (χ1v) is 8.04. The van der Waals surface area contributed by atoms with Crippen molar-refractivity contribution in [1.82, 2.24) is 5.32 Å². The second kappa shape index (κ2) is 8.90. The molecule has 1 heterocycles. The van der Waals surface area contributed by atoms with Gasteiger partial charge >= 0.3 is 0 Å². The van der Waals surface area contributed by atoms with E-state index in [9.17, 15) is 10.1 Å². The van der Waals surface area contributed by atoms with Gasteiger partial charge in [0, 0.05) is 18.7 Å². The number of amides is 1. The highest BCUT2D eigenvalue weighted by Gasteiger charge is 2.13. The predicted molar refractivity (Wildman–Crippen MR) is 92.3 cm³/mol. The van der Waals surface area contributed by atoms with Crippen LogP contribution in [0.3, 0.4) is 0 Å². The van der Waals surface area contributed by atoms with E-state index >= 15 is 0 Å². The Labute approximate surface area is 142 Å². The van der Waals surface area contributed by atoms with Crippen molar-refractivity contribution in [2.24, 2.45) is 0 Å². The lowest BCUT2D eigenvalue weighted by Crippen LogP contribution is -2.27. The number of nitrogens with zero attached hydrogens (tertiary/aromatic N) is 1. The summed E-state index contributed by atoms with van der Waals surface area (Å²) >= 11 is 0. The number of para-hydroxylation sites is 1. The zero-order valence-corrected chi connectivity index (χ0v) is 14.0. The molecule has 0 saturated heterocycles. The van der Waals surface area contributed by atoms with Crippen LogP contribution in [0.4, 0.5) is 0 Å². The molecular weight excluding hydrogens is 304 g/mol. The summed E-state index contributed by atoms with van der Waals surface area (Å²) in [5.74, 6) is 0.435. The molecule has 1 aromatic carbocycles. The summed E-state index contributed by atoms with van der Waals surface area (Å²) in [6, 6.07) is 9.61. The molecule has 0 radical (unpaired) electrons. The molecule has 1 amide bonds. The standard InChI is InChI=1S/C19H22N2O3/c1-14(2)23-9-5-8-21-19(22)17(12-20)11-15-10-16-6-3-4-7-18(16)24-13-15/h3-4,6-7,10-11,14H,5,8-9,13H2,1-2H3,(H,21,22)/b17-11-. The summed E-state index contributed by atoms with van der Waals surface area (Å²) in [5, 5.41) is 12.0. The second-order valence-corrected chi connectivity index (χ2v) is 5.74. The number of carbonyl (C=O) groups is 1. The van der Waals surface area contributed by atoms with Crippen LogP contribution in [0, 0.1) is 11.3 Å². The first-order chi connectivity index (χ1) is 11.6. The molecule has 0 unspecified atom stereocenters. The number of fused-ring (bicyclic) bond motifs is 1. The molecule has 1 aliphatic rings. The number of rotatable bonds is 7. The molecule has 0 spiro atoms. The number of nitriles is 1. The molecule has 0 aliphatic carbocycles. The van der Waals surface area contributed by atoms with E-state index in [-0.39, 0.29) is 17.6 Å². The summed E-state index contributed by atoms with van der Waals surface area (Å²) in [5.41, 5.74) is 1.82. The van der Waals surface area contributed by atoms with E-state index in [2.05, 4.69) is 5.32 Å². The fourth-order valence-electron chi connectivity index (χ4n) is 2.24. The van der Waals surface area contributed by atoms with Gasteiger partial charge in [-0.25, -0.2) is 0 Å². The third-order valence-electron chi connectivity index (χ3n) is 3.41. The number of hydrogen-bond donors (Lipinski definition) is 1. The van der Waals surface area contributed by atoms with Gasteiger partial charge in [-0.3, -0.25) is 4.79 Å². The normalized spacial score (nSPS) is 13.6. The van der Waals surface area contributed by atoms with Crippen LogP contribution in [0.25, 0.3) is 6.08 Å². The van der Waals surface area contributed by atoms with Gasteiger partial charge in [-0.05, 0) is 44.1 Å². The average Bonchev–Trinajstić information content (AvgIpc) is 2.58. The fourth-order valence-corrected chi connectivity index (χ4v) is 2.24. The lowest BCUT2D eigenvalue weighted by atomic mass is 10.1. The molecule has 0 aromatic heterocycles. The van der Waals surface area contributed by atoms with E-state index in [0.717, 1.165) is 16.9 Å². The minimum absolute atomic E-state index is 0.0778. The lowest BCUT2D eigenvalue weighted by molar-refractivity contribution is -0.117. The topological polar surface area (TPSA) is 71.3 Å². The molecule has 0 fully saturated rings. The van der Waals surface area contributed by atoms with Crippen LogP contribution in [0.2, 0.25) is 0 Å². The van der Waals surface area contributed by atoms with Crippen LogP contribution in [0.15, 0.2) is 41.5 Å². The first-order valence-electron chi connectivity index (χ1n) is 8.04. The lowest BCUT2D eigenvalue weighted by Gasteiger charge is -2.16. The molecule has 0 bridgehead atoms. The average molecular weight is 326 g/mol. The van der Waals surface area contributed by atoms with Crippen LogP contribution in [0.1, 0.15) is 25.8 Å². The molecule has 5 nitrogen and oxygen atoms in total. The van der Waals surface area contributed by atoms with E-state index in [0.29, 0.717) is 26.2 Å². The summed E-state index contributed by atoms with van der Waals surface area (Å²) in [4.78, 5) is 12.1. The quantitative estimate of drug-likeness (QED) is 0.475. The molecular formula is C19H22N2O3. The van der Waals surface area contributed by atoms with Crippen LogP contribution in [0.5, 0.6) is 5.75 Å². The monoisotopic (exact) mass is 326 g/mol. The van der Waals surface area contributed by atoms with Crippen LogP contribution >= 0.6 is 0 Å². The first kappa shape index (κ1) is 17.8. The van der Waals surface area contributed by atoms with Crippen molar-refractivity contribution in [3.8, 4) is 11.8 Å². The van der Waals surface area contributed by atoms with Gasteiger partial charge in [0.25, 0.3) is 5.91 Å². The van der Waals surface area contributed by atoms with Gasteiger partial charge in [0.1, 0.15) is 24.0 Å². The minimum atomic E-state index is -0.373. The minimum Gasteiger partial charge on any atom is -0.488 e. The molecule has 1 N–H and O–H groups in total. The van der Waals surface area contributed by atoms with Crippen molar-refractivity contribution in [1.29, 1.82) is 5.26 Å². The Morgan fingerprint density at radius 1 is 1.46 bits per heavy atom. The number of hydrogen-bond acceptors (Lipinski definition) is 4. The van der Waals surface area contributed by atoms with Crippen molar-refractivity contribution < 1.29 is 14.3 Å². The van der Waals surface area contributed by atoms with Crippen molar-refractivity contribution in [2.45, 2.75) is 26.4 Å². The van der Waals surface area contributed by atoms with Crippen molar-refractivity contribution in [3.05, 3.63) is 47.1 Å². The Hall–Kier alpha value is -2.58. The van der Waals surface area contributed by atoms with E-state index in [1.54, 1.807) is 6.08 Å². The molecule has 5 heteroatoms. The van der Waals surface area contributed by atoms with E-state index < -0.39 is 0 Å². The Bertz CT molecular complexity index is 684. The predicted octanol–water partition coefficient (Wildman–Crippen LogP) is 2.84. The Morgan fingerprint density at radius 2 is 2.25 bits per heavy atom. The van der Waals surface area contributed by atoms with Crippen LogP contribution in [-0.4, -0.2) is 31.8 Å². The van der Waals surface area contributed by atoms with E-state index in [4.69, 9.17) is 9.47 Å². The summed E-state index contributed by atoms with van der Waals surface area (Å²) in [7, 11) is 0. The Kier molecular flexibility index (Phi) is 6.59. The summed E-state index contributed by atoms with van der Waals surface area (Å²) in [6.07, 6.45) is 4.40. The molecule has 0 saturated carbocycles. The molecule has 1 aliphatic heterocycles. The molecule has 1 aromatic rings. The zero-order chi connectivity index (χ0) is 17.4. The molecule has 126 valence electrons. The van der Waals surface area contributed by atoms with Gasteiger partial charge in [-0.2, -0.15) is 5.26 Å². The molecule has 0 atom stereocenters. The second-order valence-electron chi connectivity index (χ2n) is 5.74. The van der Waals surface area contributed by atoms with Gasteiger partial charge in [0.05, 0.1) is 6.10 Å². The van der Waals surface area contributed by atoms with Crippen molar-refractivity contribution in [3.63, 3.8) is 0 Å². The van der Waals surface area contributed by atoms with E-state index in [1.807, 2.05) is 50.3 Å². The smallest absolute Gasteiger partial charge is 0.261 e. The van der Waals surface area contributed by atoms with Gasteiger partial charge in [-0.1, -0.05) is 18.2 Å². The van der Waals surface area contributed by atoms with Crippen molar-refractivity contribution >= 4 is 12.0 Å². The highest BCUT2D eigenvalue weighted by molar-refractivity contribution is 5.98. The highest BCUT2D eigenvalue weighted by Crippen LogP contribution is 2.26. The summed E-state index contributed by atoms with van der Waals surface area (Å²) in [6.45, 7) is 5.33. The van der Waals surface area contributed by atoms with E-state index in [1.165, 1.54) is 0 Å².